The molecular weight excluding hydrogens is 352 g/mol. The van der Waals surface area contributed by atoms with Gasteiger partial charge in [0.15, 0.2) is 0 Å². The molecule has 1 aromatic carbocycles. The number of nitriles is 1. The predicted octanol–water partition coefficient (Wildman–Crippen LogP) is 2.68. The van der Waals surface area contributed by atoms with E-state index in [1.165, 1.54) is 33.3 Å². The minimum absolute atomic E-state index is 0.0299. The van der Waals surface area contributed by atoms with Crippen LogP contribution in [-0.2, 0) is 14.3 Å². The Morgan fingerprint density at radius 3 is 2.30 bits per heavy atom. The lowest BCUT2D eigenvalue weighted by atomic mass is 10.1. The van der Waals surface area contributed by atoms with E-state index in [0.29, 0.717) is 11.1 Å². The lowest BCUT2D eigenvalue weighted by Crippen LogP contribution is -2.09. The third-order valence-corrected chi connectivity index (χ3v) is 3.58. The number of carbonyl (C=O) groups is 3. The molecule has 1 aromatic heterocycles. The number of nitrogens with one attached hydrogen (secondary N) is 1. The van der Waals surface area contributed by atoms with Crippen LogP contribution in [0.4, 0.5) is 5.88 Å². The van der Waals surface area contributed by atoms with E-state index in [0.717, 1.165) is 0 Å². The summed E-state index contributed by atoms with van der Waals surface area (Å²) >= 11 is 0. The molecule has 8 nitrogen and oxygen atoms in total. The largest absolute Gasteiger partial charge is 0.465 e. The Balaban J connectivity index is 2.14. The Hall–Kier alpha value is -3.86. The molecule has 1 amide bonds. The van der Waals surface area contributed by atoms with Crippen molar-refractivity contribution in [1.29, 1.82) is 5.26 Å². The number of methoxy groups -OCH3 is 2. The standard InChI is InChI=1S/C19H16N2O6/c1-11-16(19(24)26-3)14(10-20)17(27-11)21-15(22)9-6-12-4-7-13(8-5-12)18(23)25-2/h4-9H,1-3H3,(H,21,22)/b9-6+. The van der Waals surface area contributed by atoms with Gasteiger partial charge in [0.25, 0.3) is 5.91 Å². The van der Waals surface area contributed by atoms with Crippen molar-refractivity contribution in [2.24, 2.45) is 0 Å². The van der Waals surface area contributed by atoms with Crippen LogP contribution in [0.15, 0.2) is 34.8 Å². The summed E-state index contributed by atoms with van der Waals surface area (Å²) in [5.74, 6) is -1.72. The minimum Gasteiger partial charge on any atom is -0.465 e. The zero-order valence-electron chi connectivity index (χ0n) is 14.9. The summed E-state index contributed by atoms with van der Waals surface area (Å²) in [5, 5.41) is 11.7. The van der Waals surface area contributed by atoms with Crippen molar-refractivity contribution in [3.8, 4) is 6.07 Å². The Morgan fingerprint density at radius 2 is 1.74 bits per heavy atom. The number of amides is 1. The highest BCUT2D eigenvalue weighted by atomic mass is 16.5. The first-order valence-electron chi connectivity index (χ1n) is 7.70. The van der Waals surface area contributed by atoms with Gasteiger partial charge >= 0.3 is 11.9 Å². The summed E-state index contributed by atoms with van der Waals surface area (Å²) in [6.07, 6.45) is 2.74. The molecule has 0 aliphatic rings. The van der Waals surface area contributed by atoms with Crippen LogP contribution in [0.2, 0.25) is 0 Å². The van der Waals surface area contributed by atoms with Crippen molar-refractivity contribution >= 4 is 29.8 Å². The van der Waals surface area contributed by atoms with Crippen molar-refractivity contribution in [2.75, 3.05) is 19.5 Å². The second-order valence-electron chi connectivity index (χ2n) is 5.28. The number of furan rings is 1. The second-order valence-corrected chi connectivity index (χ2v) is 5.28. The van der Waals surface area contributed by atoms with Gasteiger partial charge in [-0.25, -0.2) is 9.59 Å². The van der Waals surface area contributed by atoms with E-state index in [9.17, 15) is 19.6 Å². The number of aryl methyl sites for hydroxylation is 1. The number of nitrogens with zero attached hydrogens (tertiary/aromatic N) is 1. The molecular formula is C19H16N2O6. The fourth-order valence-corrected chi connectivity index (χ4v) is 2.26. The van der Waals surface area contributed by atoms with E-state index in [-0.39, 0.29) is 22.8 Å². The average molecular weight is 368 g/mol. The normalized spacial score (nSPS) is 10.3. The van der Waals surface area contributed by atoms with Gasteiger partial charge in [0.1, 0.15) is 23.0 Å². The summed E-state index contributed by atoms with van der Waals surface area (Å²) in [5.41, 5.74) is 0.921. The highest BCUT2D eigenvalue weighted by Crippen LogP contribution is 2.27. The van der Waals surface area contributed by atoms with Gasteiger partial charge in [0, 0.05) is 6.08 Å². The molecule has 1 N–H and O–H groups in total. The molecule has 27 heavy (non-hydrogen) atoms. The first kappa shape index (κ1) is 19.5. The SMILES string of the molecule is COC(=O)c1ccc(/C=C/C(=O)Nc2oc(C)c(C(=O)OC)c2C#N)cc1. The highest BCUT2D eigenvalue weighted by Gasteiger charge is 2.24. The Labute approximate surface area is 155 Å². The monoisotopic (exact) mass is 368 g/mol. The van der Waals surface area contributed by atoms with Crippen LogP contribution in [-0.4, -0.2) is 32.1 Å². The van der Waals surface area contributed by atoms with Crippen molar-refractivity contribution in [3.05, 3.63) is 58.4 Å². The Bertz CT molecular complexity index is 948. The maximum absolute atomic E-state index is 12.1. The molecule has 0 radical (unpaired) electrons. The van der Waals surface area contributed by atoms with Crippen molar-refractivity contribution < 1.29 is 28.3 Å². The second kappa shape index (κ2) is 8.49. The number of ether oxygens (including phenoxy) is 2. The van der Waals surface area contributed by atoms with Crippen molar-refractivity contribution in [3.63, 3.8) is 0 Å². The van der Waals surface area contributed by atoms with Crippen molar-refractivity contribution in [1.82, 2.24) is 0 Å². The maximum atomic E-state index is 12.1. The molecule has 0 saturated heterocycles. The molecule has 0 bridgehead atoms. The molecule has 0 saturated carbocycles. The molecule has 1 heterocycles. The molecule has 0 aliphatic heterocycles. The Kier molecular flexibility index (Phi) is 6.12. The predicted molar refractivity (Wildman–Crippen MR) is 94.9 cm³/mol. The minimum atomic E-state index is -0.727. The zero-order valence-corrected chi connectivity index (χ0v) is 14.9. The summed E-state index contributed by atoms with van der Waals surface area (Å²) in [7, 11) is 2.47. The molecule has 0 aliphatic carbocycles. The molecule has 0 unspecified atom stereocenters. The molecule has 0 atom stereocenters. The molecule has 0 spiro atoms. The zero-order chi connectivity index (χ0) is 20.0. The van der Waals surface area contributed by atoms with Gasteiger partial charge in [-0.3, -0.25) is 10.1 Å². The number of carbonyl (C=O) groups excluding carboxylic acids is 3. The number of hydrogen-bond acceptors (Lipinski definition) is 7. The van der Waals surface area contributed by atoms with E-state index >= 15 is 0 Å². The van der Waals surface area contributed by atoms with E-state index in [4.69, 9.17) is 4.42 Å². The van der Waals surface area contributed by atoms with Crippen LogP contribution in [0.25, 0.3) is 6.08 Å². The van der Waals surface area contributed by atoms with Gasteiger partial charge in [0.05, 0.1) is 19.8 Å². The topological polar surface area (TPSA) is 119 Å². The molecule has 2 rings (SSSR count). The molecule has 2 aromatic rings. The molecule has 8 heteroatoms. The summed E-state index contributed by atoms with van der Waals surface area (Å²) < 4.78 is 14.5. The van der Waals surface area contributed by atoms with E-state index in [1.54, 1.807) is 24.3 Å². The van der Waals surface area contributed by atoms with Gasteiger partial charge in [0.2, 0.25) is 5.88 Å². The third kappa shape index (κ3) is 4.41. The van der Waals surface area contributed by atoms with Crippen LogP contribution in [0.1, 0.15) is 37.6 Å². The average Bonchev–Trinajstić information content (AvgIpc) is 3.00. The first-order valence-corrected chi connectivity index (χ1v) is 7.70. The summed E-state index contributed by atoms with van der Waals surface area (Å²) in [6, 6.07) is 8.24. The highest BCUT2D eigenvalue weighted by molar-refractivity contribution is 6.03. The van der Waals surface area contributed by atoms with E-state index in [2.05, 4.69) is 14.8 Å². The Morgan fingerprint density at radius 1 is 1.11 bits per heavy atom. The first-order chi connectivity index (χ1) is 12.9. The van der Waals surface area contributed by atoms with Gasteiger partial charge in [-0.1, -0.05) is 12.1 Å². The van der Waals surface area contributed by atoms with E-state index < -0.39 is 17.8 Å². The van der Waals surface area contributed by atoms with Crippen LogP contribution in [0.3, 0.4) is 0 Å². The molecule has 0 fully saturated rings. The van der Waals surface area contributed by atoms with Crippen LogP contribution in [0.5, 0.6) is 0 Å². The summed E-state index contributed by atoms with van der Waals surface area (Å²) in [4.78, 5) is 35.2. The number of hydrogen-bond donors (Lipinski definition) is 1. The van der Waals surface area contributed by atoms with Gasteiger partial charge in [-0.2, -0.15) is 5.26 Å². The van der Waals surface area contributed by atoms with Gasteiger partial charge in [-0.05, 0) is 30.7 Å². The smallest absolute Gasteiger partial charge is 0.342 e. The number of benzene rings is 1. The number of rotatable bonds is 5. The number of esters is 2. The van der Waals surface area contributed by atoms with Crippen LogP contribution >= 0.6 is 0 Å². The fourth-order valence-electron chi connectivity index (χ4n) is 2.26. The van der Waals surface area contributed by atoms with Crippen LogP contribution in [0, 0.1) is 18.3 Å². The lowest BCUT2D eigenvalue weighted by Gasteiger charge is -2.00. The maximum Gasteiger partial charge on any atom is 0.342 e. The van der Waals surface area contributed by atoms with Gasteiger partial charge < -0.3 is 13.9 Å². The molecule has 138 valence electrons. The lowest BCUT2D eigenvalue weighted by molar-refractivity contribution is -0.112. The quantitative estimate of drug-likeness (QED) is 0.636. The summed E-state index contributed by atoms with van der Waals surface area (Å²) in [6.45, 7) is 1.49. The fraction of sp³-hybridized carbons (Fsp3) is 0.158. The van der Waals surface area contributed by atoms with Crippen LogP contribution < -0.4 is 5.32 Å². The van der Waals surface area contributed by atoms with Crippen molar-refractivity contribution in [2.45, 2.75) is 6.92 Å². The van der Waals surface area contributed by atoms with Gasteiger partial charge in [-0.15, -0.1) is 0 Å². The third-order valence-electron chi connectivity index (χ3n) is 3.58. The van der Waals surface area contributed by atoms with E-state index in [1.807, 2.05) is 6.07 Å². The number of anilines is 1.